The largest absolute Gasteiger partial charge is 0.469 e. The second-order valence-electron chi connectivity index (χ2n) is 8.66. The van der Waals surface area contributed by atoms with Crippen LogP contribution >= 0.6 is 23.1 Å². The second-order valence-corrected chi connectivity index (χ2v) is 10.8. The quantitative estimate of drug-likeness (QED) is 0.478. The highest BCUT2D eigenvalue weighted by atomic mass is 32.2. The van der Waals surface area contributed by atoms with E-state index < -0.39 is 34.7 Å². The van der Waals surface area contributed by atoms with Crippen LogP contribution in [0.2, 0.25) is 0 Å². The van der Waals surface area contributed by atoms with Crippen molar-refractivity contribution in [2.75, 3.05) is 31.2 Å². The van der Waals surface area contributed by atoms with E-state index in [0.29, 0.717) is 42.0 Å². The molecule has 0 spiro atoms. The van der Waals surface area contributed by atoms with Gasteiger partial charge in [0.05, 0.1) is 46.9 Å². The molecule has 2 aromatic heterocycles. The lowest BCUT2D eigenvalue weighted by atomic mass is 9.87. The molecule has 6 rings (SSSR count). The van der Waals surface area contributed by atoms with Crippen LogP contribution in [0.5, 0.6) is 0 Å². The molecule has 12 heteroatoms. The molecule has 186 valence electrons. The number of carbonyl (C=O) groups excluding carboxylic acids is 3. The normalized spacial score (nSPS) is 23.6. The molecule has 3 aliphatic rings. The number of hydrogen-bond donors (Lipinski definition) is 0. The highest BCUT2D eigenvalue weighted by molar-refractivity contribution is 8.00. The van der Waals surface area contributed by atoms with Gasteiger partial charge in [-0.25, -0.2) is 9.29 Å². The van der Waals surface area contributed by atoms with Gasteiger partial charge < -0.3 is 14.1 Å². The third-order valence-electron chi connectivity index (χ3n) is 6.64. The average molecular weight is 530 g/mol. The molecule has 2 saturated heterocycles. The number of imide groups is 1. The Balaban J connectivity index is 1.41. The predicted octanol–water partition coefficient (Wildman–Crippen LogP) is 2.30. The molecular weight excluding hydrogens is 509 g/mol. The predicted molar refractivity (Wildman–Crippen MR) is 129 cm³/mol. The van der Waals surface area contributed by atoms with Crippen LogP contribution < -0.4 is 9.77 Å². The smallest absolute Gasteiger partial charge is 0.308 e. The molecule has 3 atom stereocenters. The van der Waals surface area contributed by atoms with Crippen LogP contribution in [-0.2, 0) is 25.7 Å². The van der Waals surface area contributed by atoms with Crippen molar-refractivity contribution in [3.05, 3.63) is 68.8 Å². The van der Waals surface area contributed by atoms with Crippen LogP contribution in [0.25, 0.3) is 0 Å². The minimum atomic E-state index is -0.830. The number of carbonyl (C=O) groups is 3. The van der Waals surface area contributed by atoms with Crippen LogP contribution in [0.4, 0.5) is 10.1 Å². The van der Waals surface area contributed by atoms with E-state index in [9.17, 15) is 23.6 Å². The zero-order valence-corrected chi connectivity index (χ0v) is 20.4. The Bertz CT molecular complexity index is 1390. The molecule has 9 nitrogen and oxygen atoms in total. The molecule has 0 aliphatic carbocycles. The van der Waals surface area contributed by atoms with Crippen molar-refractivity contribution in [2.45, 2.75) is 22.7 Å². The van der Waals surface area contributed by atoms with Crippen molar-refractivity contribution in [3.63, 3.8) is 0 Å². The molecule has 1 aromatic carbocycles. The number of hydrogen-bond acceptors (Lipinski definition) is 8. The highest BCUT2D eigenvalue weighted by Crippen LogP contribution is 2.53. The third kappa shape index (κ3) is 3.71. The number of rotatable bonds is 4. The number of thioether (sulfide) groups is 1. The minimum absolute atomic E-state index is 0.163. The second kappa shape index (κ2) is 9.02. The average Bonchev–Trinajstić information content (AvgIpc) is 3.58. The first-order chi connectivity index (χ1) is 17.4. The fourth-order valence-electron chi connectivity index (χ4n) is 4.92. The van der Waals surface area contributed by atoms with E-state index in [2.05, 4.69) is 0 Å². The van der Waals surface area contributed by atoms with Gasteiger partial charge in [0, 0.05) is 13.1 Å². The fraction of sp³-hybridized carbons (Fsp3) is 0.333. The zero-order valence-electron chi connectivity index (χ0n) is 18.8. The monoisotopic (exact) mass is 529 g/mol. The molecule has 2 unspecified atom stereocenters. The van der Waals surface area contributed by atoms with Gasteiger partial charge in [-0.1, -0.05) is 23.1 Å². The minimum Gasteiger partial charge on any atom is -0.469 e. The van der Waals surface area contributed by atoms with Gasteiger partial charge in [0.25, 0.3) is 0 Å². The van der Waals surface area contributed by atoms with Crippen molar-refractivity contribution in [1.82, 2.24) is 9.47 Å². The molecule has 3 amide bonds. The van der Waals surface area contributed by atoms with Crippen LogP contribution in [-0.4, -0.2) is 58.7 Å². The summed E-state index contributed by atoms with van der Waals surface area (Å²) in [6.45, 7) is 1.62. The summed E-state index contributed by atoms with van der Waals surface area (Å²) in [6, 6.07) is 8.57. The maximum Gasteiger partial charge on any atom is 0.308 e. The summed E-state index contributed by atoms with van der Waals surface area (Å²) < 4.78 is 25.9. The molecule has 36 heavy (non-hydrogen) atoms. The molecule has 0 radical (unpaired) electrons. The van der Waals surface area contributed by atoms with E-state index in [1.54, 1.807) is 17.0 Å². The van der Waals surface area contributed by atoms with Crippen LogP contribution in [0.15, 0.2) is 56.9 Å². The van der Waals surface area contributed by atoms with Gasteiger partial charge in [0.1, 0.15) is 23.4 Å². The molecule has 2 fully saturated rings. The molecule has 0 N–H and O–H groups in total. The first-order valence-electron chi connectivity index (χ1n) is 11.4. The highest BCUT2D eigenvalue weighted by Gasteiger charge is 2.57. The number of halogens is 1. The van der Waals surface area contributed by atoms with Gasteiger partial charge >= 0.3 is 4.87 Å². The van der Waals surface area contributed by atoms with Crippen molar-refractivity contribution >= 4 is 46.5 Å². The molecule has 3 aromatic rings. The number of nitrogens with zero attached hydrogens (tertiary/aromatic N) is 3. The summed E-state index contributed by atoms with van der Waals surface area (Å²) in [5.74, 6) is -2.59. The van der Waals surface area contributed by atoms with Crippen molar-refractivity contribution in [2.24, 2.45) is 5.92 Å². The number of amides is 3. The number of morpholine rings is 1. The van der Waals surface area contributed by atoms with Crippen LogP contribution in [0.3, 0.4) is 0 Å². The van der Waals surface area contributed by atoms with E-state index >= 15 is 0 Å². The van der Waals surface area contributed by atoms with Gasteiger partial charge in [-0.3, -0.25) is 23.7 Å². The Labute approximate surface area is 212 Å². The van der Waals surface area contributed by atoms with Gasteiger partial charge in [-0.2, -0.15) is 0 Å². The lowest BCUT2D eigenvalue weighted by Gasteiger charge is -2.30. The Kier molecular flexibility index (Phi) is 5.81. The van der Waals surface area contributed by atoms with Gasteiger partial charge in [0.2, 0.25) is 17.7 Å². The molecule has 0 saturated carbocycles. The zero-order chi connectivity index (χ0) is 25.0. The van der Waals surface area contributed by atoms with Gasteiger partial charge in [-0.15, -0.1) is 0 Å². The summed E-state index contributed by atoms with van der Waals surface area (Å²) in [6.07, 6.45) is 1.48. The fourth-order valence-corrected chi connectivity index (χ4v) is 7.68. The number of ether oxygens (including phenoxy) is 1. The first kappa shape index (κ1) is 23.2. The Morgan fingerprint density at radius 2 is 1.81 bits per heavy atom. The van der Waals surface area contributed by atoms with E-state index in [1.165, 1.54) is 35.1 Å². The summed E-state index contributed by atoms with van der Waals surface area (Å²) in [5.41, 5.74) is 0.280. The number of furan rings is 1. The molecular formula is C24H20FN3O6S2. The van der Waals surface area contributed by atoms with E-state index in [-0.39, 0.29) is 23.0 Å². The number of fused-ring (bicyclic) bond motifs is 2. The Hall–Kier alpha value is -3.22. The SMILES string of the molecule is O=C(Cn1c2c(sc1=O)[C@H](c1ccco1)C1C(=O)N(c3ccc(F)cc3)C(=O)C1S2)N1CCOCC1. The van der Waals surface area contributed by atoms with E-state index in [1.807, 2.05) is 0 Å². The lowest BCUT2D eigenvalue weighted by molar-refractivity contribution is -0.136. The molecule has 5 heterocycles. The van der Waals surface area contributed by atoms with Crippen molar-refractivity contribution in [1.29, 1.82) is 0 Å². The van der Waals surface area contributed by atoms with Gasteiger partial charge in [-0.05, 0) is 36.4 Å². The number of benzene rings is 1. The summed E-state index contributed by atoms with van der Waals surface area (Å²) in [7, 11) is 0. The molecule has 3 aliphatic heterocycles. The summed E-state index contributed by atoms with van der Waals surface area (Å²) >= 11 is 2.09. The van der Waals surface area contributed by atoms with Gasteiger partial charge in [0.15, 0.2) is 0 Å². The van der Waals surface area contributed by atoms with Crippen LogP contribution in [0.1, 0.15) is 16.6 Å². The third-order valence-corrected chi connectivity index (χ3v) is 9.24. The number of anilines is 1. The van der Waals surface area contributed by atoms with Crippen molar-refractivity contribution < 1.29 is 27.9 Å². The van der Waals surface area contributed by atoms with Crippen molar-refractivity contribution in [3.8, 4) is 0 Å². The Morgan fingerprint density at radius 1 is 1.06 bits per heavy atom. The lowest BCUT2D eigenvalue weighted by Crippen LogP contribution is -2.43. The number of aromatic nitrogens is 1. The Morgan fingerprint density at radius 3 is 2.50 bits per heavy atom. The maximum atomic E-state index is 13.6. The maximum absolute atomic E-state index is 13.6. The van der Waals surface area contributed by atoms with E-state index in [4.69, 9.17) is 9.15 Å². The topological polar surface area (TPSA) is 102 Å². The number of thiazole rings is 1. The summed E-state index contributed by atoms with van der Waals surface area (Å²) in [4.78, 5) is 56.2. The van der Waals surface area contributed by atoms with E-state index in [0.717, 1.165) is 28.0 Å². The standard InChI is InChI=1S/C24H20FN3O6S2/c25-13-3-5-14(6-4-13)28-21(30)18-17(15-2-1-9-34-15)20-23(35-19(18)22(28)31)27(24(32)36-20)12-16(29)26-7-10-33-11-8-26/h1-6,9,17-19H,7-8,10-12H2/t17-,18?,19?/m1/s1. The summed E-state index contributed by atoms with van der Waals surface area (Å²) in [5, 5.41) is -0.333. The first-order valence-corrected chi connectivity index (χ1v) is 13.1. The van der Waals surface area contributed by atoms with Crippen LogP contribution in [0, 0.1) is 11.7 Å². The molecule has 0 bridgehead atoms.